The highest BCUT2D eigenvalue weighted by Gasteiger charge is 2.04. The predicted molar refractivity (Wildman–Crippen MR) is 82.9 cm³/mol. The average molecular weight is 295 g/mol. The van der Waals surface area contributed by atoms with E-state index in [1.807, 2.05) is 5.38 Å². The molecule has 0 atom stereocenters. The van der Waals surface area contributed by atoms with Gasteiger partial charge in [-0.15, -0.1) is 22.9 Å². The van der Waals surface area contributed by atoms with Crippen LogP contribution in [0, 0.1) is 6.92 Å². The lowest BCUT2D eigenvalue weighted by atomic mass is 10.1. The molecule has 0 saturated carbocycles. The molecule has 1 heterocycles. The number of aryl methyl sites for hydroxylation is 1. The van der Waals surface area contributed by atoms with Crippen molar-refractivity contribution in [1.29, 1.82) is 0 Å². The maximum absolute atomic E-state index is 5.76. The number of halogens is 1. The molecule has 102 valence electrons. The quantitative estimate of drug-likeness (QED) is 0.752. The van der Waals surface area contributed by atoms with Crippen molar-refractivity contribution in [2.24, 2.45) is 0 Å². The van der Waals surface area contributed by atoms with Gasteiger partial charge in [0.05, 0.1) is 16.6 Å². The molecule has 1 aromatic carbocycles. The summed E-state index contributed by atoms with van der Waals surface area (Å²) in [4.78, 5) is 6.81. The number of alkyl halides is 1. The van der Waals surface area contributed by atoms with E-state index >= 15 is 0 Å². The first-order valence-corrected chi connectivity index (χ1v) is 7.82. The van der Waals surface area contributed by atoms with Gasteiger partial charge in [-0.1, -0.05) is 29.8 Å². The van der Waals surface area contributed by atoms with Crippen molar-refractivity contribution in [3.05, 3.63) is 51.5 Å². The van der Waals surface area contributed by atoms with Crippen molar-refractivity contribution >= 4 is 22.9 Å². The second-order valence-electron chi connectivity index (χ2n) is 4.84. The number of thiazole rings is 1. The van der Waals surface area contributed by atoms with Crippen LogP contribution in [0.5, 0.6) is 0 Å². The monoisotopic (exact) mass is 294 g/mol. The van der Waals surface area contributed by atoms with Gasteiger partial charge in [-0.05, 0) is 19.5 Å². The summed E-state index contributed by atoms with van der Waals surface area (Å²) in [6, 6.07) is 8.72. The molecule has 0 saturated heterocycles. The van der Waals surface area contributed by atoms with Crippen molar-refractivity contribution < 1.29 is 0 Å². The summed E-state index contributed by atoms with van der Waals surface area (Å²) in [7, 11) is 2.15. The van der Waals surface area contributed by atoms with E-state index in [0.29, 0.717) is 5.88 Å². The van der Waals surface area contributed by atoms with Crippen LogP contribution < -0.4 is 0 Å². The van der Waals surface area contributed by atoms with Gasteiger partial charge in [-0.3, -0.25) is 0 Å². The third kappa shape index (κ3) is 4.60. The van der Waals surface area contributed by atoms with Gasteiger partial charge in [-0.2, -0.15) is 0 Å². The Kier molecular flexibility index (Phi) is 5.37. The molecular formula is C15H19ClN2S. The average Bonchev–Trinajstić information content (AvgIpc) is 2.87. The Morgan fingerprint density at radius 1 is 1.26 bits per heavy atom. The molecule has 0 aliphatic carbocycles. The lowest BCUT2D eigenvalue weighted by Gasteiger charge is -2.16. The van der Waals surface area contributed by atoms with E-state index in [1.165, 1.54) is 16.1 Å². The topological polar surface area (TPSA) is 16.1 Å². The van der Waals surface area contributed by atoms with Gasteiger partial charge in [0.2, 0.25) is 0 Å². The van der Waals surface area contributed by atoms with Crippen molar-refractivity contribution in [1.82, 2.24) is 9.88 Å². The number of nitrogens with zero attached hydrogens (tertiary/aromatic N) is 2. The molecule has 2 aromatic rings. The highest BCUT2D eigenvalue weighted by atomic mass is 35.5. The fourth-order valence-electron chi connectivity index (χ4n) is 1.90. The van der Waals surface area contributed by atoms with Crippen molar-refractivity contribution in [3.63, 3.8) is 0 Å². The van der Waals surface area contributed by atoms with E-state index in [-0.39, 0.29) is 0 Å². The molecule has 19 heavy (non-hydrogen) atoms. The first kappa shape index (κ1) is 14.5. The Balaban J connectivity index is 1.81. The normalized spacial score (nSPS) is 11.2. The number of likely N-dealkylation sites (N-methyl/N-ethyl adjacent to an activating group) is 1. The fraction of sp³-hybridized carbons (Fsp3) is 0.400. The van der Waals surface area contributed by atoms with Gasteiger partial charge in [0.25, 0.3) is 0 Å². The van der Waals surface area contributed by atoms with Gasteiger partial charge in [0.15, 0.2) is 0 Å². The Bertz CT molecular complexity index is 507. The van der Waals surface area contributed by atoms with Gasteiger partial charge in [0, 0.05) is 24.9 Å². The van der Waals surface area contributed by atoms with E-state index in [2.05, 4.69) is 48.1 Å². The molecule has 4 heteroatoms. The van der Waals surface area contributed by atoms with E-state index < -0.39 is 0 Å². The number of rotatable bonds is 6. The van der Waals surface area contributed by atoms with Gasteiger partial charge in [-0.25, -0.2) is 4.98 Å². The molecule has 1 aromatic heterocycles. The smallest absolute Gasteiger partial charge is 0.0941 e. The minimum atomic E-state index is 0.510. The van der Waals surface area contributed by atoms with E-state index in [1.54, 1.807) is 11.3 Å². The SMILES string of the molecule is Cc1ccc(CN(C)CCc2nc(CCl)cs2)cc1. The largest absolute Gasteiger partial charge is 0.302 e. The number of benzene rings is 1. The number of aromatic nitrogens is 1. The molecule has 2 nitrogen and oxygen atoms in total. The van der Waals surface area contributed by atoms with Crippen LogP contribution in [0.15, 0.2) is 29.6 Å². The zero-order chi connectivity index (χ0) is 13.7. The van der Waals surface area contributed by atoms with Crippen LogP contribution in [-0.4, -0.2) is 23.5 Å². The lowest BCUT2D eigenvalue weighted by molar-refractivity contribution is 0.331. The molecule has 0 amide bonds. The summed E-state index contributed by atoms with van der Waals surface area (Å²) in [5.74, 6) is 0.510. The summed E-state index contributed by atoms with van der Waals surface area (Å²) in [6.07, 6.45) is 0.990. The minimum absolute atomic E-state index is 0.510. The highest BCUT2D eigenvalue weighted by Crippen LogP contribution is 2.13. The van der Waals surface area contributed by atoms with Crippen LogP contribution in [0.25, 0.3) is 0 Å². The summed E-state index contributed by atoms with van der Waals surface area (Å²) in [5, 5.41) is 3.22. The second kappa shape index (κ2) is 7.04. The molecule has 0 N–H and O–H groups in total. The summed E-state index contributed by atoms with van der Waals surface area (Å²) in [6.45, 7) is 4.11. The minimum Gasteiger partial charge on any atom is -0.302 e. The molecule has 0 spiro atoms. The molecule has 0 aliphatic rings. The van der Waals surface area contributed by atoms with Crippen LogP contribution in [0.2, 0.25) is 0 Å². The van der Waals surface area contributed by atoms with Crippen LogP contribution in [0.3, 0.4) is 0 Å². The molecule has 0 radical (unpaired) electrons. The van der Waals surface area contributed by atoms with Crippen LogP contribution >= 0.6 is 22.9 Å². The maximum atomic E-state index is 5.76. The zero-order valence-corrected chi connectivity index (χ0v) is 13.0. The Morgan fingerprint density at radius 2 is 2.00 bits per heavy atom. The summed E-state index contributed by atoms with van der Waals surface area (Å²) < 4.78 is 0. The standard InChI is InChI=1S/C15H19ClN2S/c1-12-3-5-13(6-4-12)10-18(2)8-7-15-17-14(9-16)11-19-15/h3-6,11H,7-10H2,1-2H3. The molecule has 0 fully saturated rings. The molecule has 0 unspecified atom stereocenters. The third-order valence-corrected chi connectivity index (χ3v) is 4.25. The lowest BCUT2D eigenvalue weighted by Crippen LogP contribution is -2.20. The zero-order valence-electron chi connectivity index (χ0n) is 11.4. The van der Waals surface area contributed by atoms with Crippen LogP contribution in [-0.2, 0) is 18.8 Å². The second-order valence-corrected chi connectivity index (χ2v) is 6.05. The summed E-state index contributed by atoms with van der Waals surface area (Å²) in [5.41, 5.74) is 3.65. The van der Waals surface area contributed by atoms with Gasteiger partial charge < -0.3 is 4.90 Å². The van der Waals surface area contributed by atoms with Gasteiger partial charge in [0.1, 0.15) is 0 Å². The van der Waals surface area contributed by atoms with E-state index in [0.717, 1.165) is 25.2 Å². The first-order valence-electron chi connectivity index (χ1n) is 6.40. The highest BCUT2D eigenvalue weighted by molar-refractivity contribution is 7.09. The summed E-state index contributed by atoms with van der Waals surface area (Å²) >= 11 is 7.46. The Labute approximate surface area is 124 Å². The van der Waals surface area contributed by atoms with Crippen LogP contribution in [0.1, 0.15) is 21.8 Å². The van der Waals surface area contributed by atoms with Crippen molar-refractivity contribution in [3.8, 4) is 0 Å². The predicted octanol–water partition coefficient (Wildman–Crippen LogP) is 3.86. The molecular weight excluding hydrogens is 276 g/mol. The van der Waals surface area contributed by atoms with E-state index in [4.69, 9.17) is 11.6 Å². The Hall–Kier alpha value is -0.900. The molecule has 0 aliphatic heterocycles. The molecule has 0 bridgehead atoms. The number of hydrogen-bond acceptors (Lipinski definition) is 3. The molecule has 2 rings (SSSR count). The Morgan fingerprint density at radius 3 is 2.63 bits per heavy atom. The first-order chi connectivity index (χ1) is 9.17. The van der Waals surface area contributed by atoms with Crippen LogP contribution in [0.4, 0.5) is 0 Å². The maximum Gasteiger partial charge on any atom is 0.0941 e. The van der Waals surface area contributed by atoms with Gasteiger partial charge >= 0.3 is 0 Å². The van der Waals surface area contributed by atoms with E-state index in [9.17, 15) is 0 Å². The fourth-order valence-corrected chi connectivity index (χ4v) is 2.91. The number of hydrogen-bond donors (Lipinski definition) is 0. The van der Waals surface area contributed by atoms with Crippen molar-refractivity contribution in [2.75, 3.05) is 13.6 Å². The van der Waals surface area contributed by atoms with Crippen molar-refractivity contribution in [2.45, 2.75) is 25.8 Å². The third-order valence-electron chi connectivity index (χ3n) is 3.02.